The lowest BCUT2D eigenvalue weighted by molar-refractivity contribution is 0.238. The normalized spacial score (nSPS) is 20.0. The summed E-state index contributed by atoms with van der Waals surface area (Å²) in [4.78, 5) is 11.9. The van der Waals surface area contributed by atoms with Crippen LogP contribution in [-0.4, -0.2) is 37.7 Å². The Labute approximate surface area is 140 Å². The number of urea groups is 1. The van der Waals surface area contributed by atoms with Crippen molar-refractivity contribution in [1.29, 1.82) is 0 Å². The summed E-state index contributed by atoms with van der Waals surface area (Å²) in [5.41, 5.74) is 4.07. The third-order valence-electron chi connectivity index (χ3n) is 4.07. The van der Waals surface area contributed by atoms with E-state index in [1.807, 2.05) is 49.4 Å². The summed E-state index contributed by atoms with van der Waals surface area (Å²) in [6.45, 7) is 1.82. The topological polar surface area (TPSA) is 87.6 Å². The number of hydrogen-bond donors (Lipinski definition) is 2. The van der Waals surface area contributed by atoms with Crippen LogP contribution in [0.25, 0.3) is 10.8 Å². The van der Waals surface area contributed by atoms with Crippen molar-refractivity contribution in [1.82, 2.24) is 10.7 Å². The Morgan fingerprint density at radius 2 is 1.92 bits per heavy atom. The molecule has 0 aliphatic carbocycles. The van der Waals surface area contributed by atoms with E-state index in [4.69, 9.17) is 0 Å². The van der Waals surface area contributed by atoms with Crippen molar-refractivity contribution in [3.05, 3.63) is 48.0 Å². The van der Waals surface area contributed by atoms with Gasteiger partial charge in [0.2, 0.25) is 0 Å². The fraction of sp³-hybridized carbons (Fsp3) is 0.294. The molecule has 0 unspecified atom stereocenters. The predicted molar refractivity (Wildman–Crippen MR) is 94.9 cm³/mol. The summed E-state index contributed by atoms with van der Waals surface area (Å²) in [5, 5.41) is 8.93. The second kappa shape index (κ2) is 6.60. The molecule has 6 nitrogen and oxygen atoms in total. The van der Waals surface area contributed by atoms with Gasteiger partial charge in [0, 0.05) is 11.6 Å². The average molecular weight is 345 g/mol. The first-order chi connectivity index (χ1) is 11.4. The number of hydrogen-bond acceptors (Lipinski definition) is 4. The van der Waals surface area contributed by atoms with Crippen molar-refractivity contribution >= 4 is 32.4 Å². The molecule has 1 atom stereocenters. The van der Waals surface area contributed by atoms with E-state index in [-0.39, 0.29) is 17.5 Å². The van der Waals surface area contributed by atoms with Gasteiger partial charge in [0.25, 0.3) is 0 Å². The average Bonchev–Trinajstić information content (AvgIpc) is 2.90. The minimum absolute atomic E-state index is 0.00750. The van der Waals surface area contributed by atoms with Crippen LogP contribution in [0.3, 0.4) is 0 Å². The smallest absolute Gasteiger partial charge is 0.333 e. The van der Waals surface area contributed by atoms with Crippen molar-refractivity contribution in [3.63, 3.8) is 0 Å². The van der Waals surface area contributed by atoms with Crippen LogP contribution in [0.2, 0.25) is 0 Å². The van der Waals surface area contributed by atoms with Crippen LogP contribution in [0.4, 0.5) is 4.79 Å². The van der Waals surface area contributed by atoms with Crippen LogP contribution in [0.15, 0.2) is 47.6 Å². The highest BCUT2D eigenvalue weighted by atomic mass is 32.2. The maximum absolute atomic E-state index is 11.9. The number of carbonyl (C=O) groups excluding carboxylic acids is 1. The molecule has 1 fully saturated rings. The Morgan fingerprint density at radius 1 is 1.17 bits per heavy atom. The van der Waals surface area contributed by atoms with Gasteiger partial charge < -0.3 is 5.32 Å². The molecule has 7 heteroatoms. The maximum Gasteiger partial charge on any atom is 0.335 e. The number of nitrogens with one attached hydrogen (secondary N) is 2. The summed E-state index contributed by atoms with van der Waals surface area (Å²) in [6.07, 6.45) is 0.446. The molecule has 2 aromatic carbocycles. The number of rotatable bonds is 3. The van der Waals surface area contributed by atoms with Crippen LogP contribution in [0, 0.1) is 0 Å². The van der Waals surface area contributed by atoms with Crippen LogP contribution >= 0.6 is 0 Å². The summed E-state index contributed by atoms with van der Waals surface area (Å²) in [7, 11) is -3.02. The van der Waals surface area contributed by atoms with Gasteiger partial charge in [0.05, 0.1) is 17.2 Å². The molecule has 0 radical (unpaired) electrons. The van der Waals surface area contributed by atoms with Crippen molar-refractivity contribution in [2.24, 2.45) is 5.10 Å². The molecule has 2 amide bonds. The van der Waals surface area contributed by atoms with Crippen LogP contribution in [-0.2, 0) is 9.84 Å². The first-order valence-electron chi connectivity index (χ1n) is 7.74. The lowest BCUT2D eigenvalue weighted by Crippen LogP contribution is -2.41. The number of benzene rings is 2. The van der Waals surface area contributed by atoms with Gasteiger partial charge >= 0.3 is 6.03 Å². The van der Waals surface area contributed by atoms with E-state index in [1.165, 1.54) is 0 Å². The Hall–Kier alpha value is -2.41. The summed E-state index contributed by atoms with van der Waals surface area (Å²) < 4.78 is 22.8. The third kappa shape index (κ3) is 3.73. The molecular formula is C17H19N3O3S. The Bertz CT molecular complexity index is 901. The number of hydrazone groups is 1. The van der Waals surface area contributed by atoms with E-state index in [0.717, 1.165) is 16.3 Å². The van der Waals surface area contributed by atoms with Gasteiger partial charge in [0.1, 0.15) is 0 Å². The molecule has 0 spiro atoms. The number of carbonyl (C=O) groups is 1. The second-order valence-electron chi connectivity index (χ2n) is 5.91. The van der Waals surface area contributed by atoms with E-state index < -0.39 is 15.9 Å². The monoisotopic (exact) mass is 345 g/mol. The SMILES string of the molecule is CC(=NNC(=O)N[C@@H]1CCS(=O)(=O)C1)c1cccc2ccccc12. The largest absolute Gasteiger partial charge is 0.335 e. The second-order valence-corrected chi connectivity index (χ2v) is 8.14. The van der Waals surface area contributed by atoms with Crippen LogP contribution in [0.1, 0.15) is 18.9 Å². The minimum Gasteiger partial charge on any atom is -0.333 e. The van der Waals surface area contributed by atoms with Gasteiger partial charge in [0.15, 0.2) is 9.84 Å². The molecule has 1 aliphatic heterocycles. The number of fused-ring (bicyclic) bond motifs is 1. The lowest BCUT2D eigenvalue weighted by Gasteiger charge is -2.11. The number of nitrogens with zero attached hydrogens (tertiary/aromatic N) is 1. The van der Waals surface area contributed by atoms with Crippen LogP contribution in [0.5, 0.6) is 0 Å². The first kappa shape index (κ1) is 16.4. The summed E-state index contributed by atoms with van der Waals surface area (Å²) in [5.74, 6) is 0.114. The Kier molecular flexibility index (Phi) is 4.53. The molecule has 1 aliphatic rings. The molecule has 0 aromatic heterocycles. The first-order valence-corrected chi connectivity index (χ1v) is 9.56. The predicted octanol–water partition coefficient (Wildman–Crippen LogP) is 2.05. The number of sulfone groups is 1. The summed E-state index contributed by atoms with van der Waals surface area (Å²) in [6, 6.07) is 13.0. The van der Waals surface area contributed by atoms with Gasteiger partial charge in [-0.25, -0.2) is 18.6 Å². The quantitative estimate of drug-likeness (QED) is 0.659. The van der Waals surface area contributed by atoms with E-state index >= 15 is 0 Å². The highest BCUT2D eigenvalue weighted by molar-refractivity contribution is 7.91. The van der Waals surface area contributed by atoms with E-state index in [9.17, 15) is 13.2 Å². The van der Waals surface area contributed by atoms with E-state index in [0.29, 0.717) is 12.1 Å². The molecule has 2 N–H and O–H groups in total. The van der Waals surface area contributed by atoms with Crippen LogP contribution < -0.4 is 10.7 Å². The van der Waals surface area contributed by atoms with Crippen molar-refractivity contribution in [2.75, 3.05) is 11.5 Å². The molecule has 0 saturated carbocycles. The third-order valence-corrected chi connectivity index (χ3v) is 5.84. The molecule has 1 saturated heterocycles. The van der Waals surface area contributed by atoms with Gasteiger partial charge in [-0.3, -0.25) is 0 Å². The molecule has 24 heavy (non-hydrogen) atoms. The van der Waals surface area contributed by atoms with Gasteiger partial charge in [-0.2, -0.15) is 5.10 Å². The summed E-state index contributed by atoms with van der Waals surface area (Å²) >= 11 is 0. The molecule has 3 rings (SSSR count). The standard InChI is InChI=1S/C17H19N3O3S/c1-12(15-8-4-6-13-5-2-3-7-16(13)15)19-20-17(21)18-14-9-10-24(22,23)11-14/h2-8,14H,9-11H2,1H3,(H2,18,20,21)/t14-/m1/s1. The van der Waals surface area contributed by atoms with E-state index in [1.54, 1.807) is 0 Å². The maximum atomic E-state index is 11.9. The zero-order valence-corrected chi connectivity index (χ0v) is 14.1. The van der Waals surface area contributed by atoms with Crippen molar-refractivity contribution in [2.45, 2.75) is 19.4 Å². The minimum atomic E-state index is -3.02. The van der Waals surface area contributed by atoms with Gasteiger partial charge in [-0.1, -0.05) is 42.5 Å². The van der Waals surface area contributed by atoms with E-state index in [2.05, 4.69) is 15.8 Å². The Morgan fingerprint density at radius 3 is 2.67 bits per heavy atom. The van der Waals surface area contributed by atoms with Crippen molar-refractivity contribution < 1.29 is 13.2 Å². The molecule has 0 bridgehead atoms. The zero-order valence-electron chi connectivity index (χ0n) is 13.3. The fourth-order valence-electron chi connectivity index (χ4n) is 2.86. The Balaban J connectivity index is 1.68. The van der Waals surface area contributed by atoms with Crippen molar-refractivity contribution in [3.8, 4) is 0 Å². The van der Waals surface area contributed by atoms with Gasteiger partial charge in [-0.05, 0) is 24.1 Å². The fourth-order valence-corrected chi connectivity index (χ4v) is 4.54. The highest BCUT2D eigenvalue weighted by Crippen LogP contribution is 2.19. The molecule has 1 heterocycles. The molecule has 126 valence electrons. The molecular weight excluding hydrogens is 326 g/mol. The van der Waals surface area contributed by atoms with Gasteiger partial charge in [-0.15, -0.1) is 0 Å². The zero-order chi connectivity index (χ0) is 17.2. The lowest BCUT2D eigenvalue weighted by atomic mass is 10.0. The molecule has 2 aromatic rings. The number of amides is 2. The highest BCUT2D eigenvalue weighted by Gasteiger charge is 2.28.